The van der Waals surface area contributed by atoms with Crippen molar-refractivity contribution in [1.29, 1.82) is 0 Å². The summed E-state index contributed by atoms with van der Waals surface area (Å²) in [6, 6.07) is 6.10. The standard InChI is InChI=1S/C14H19ClN2O3S/c1-2-16-14(18)11-4-3-9-17(10-11)21(19,20)13-7-5-12(15)6-8-13/h5-8,11H,2-4,9-10H2,1H3,(H,16,18). The van der Waals surface area contributed by atoms with E-state index in [1.807, 2.05) is 6.92 Å². The maximum absolute atomic E-state index is 12.6. The lowest BCUT2D eigenvalue weighted by molar-refractivity contribution is -0.125. The van der Waals surface area contributed by atoms with E-state index in [9.17, 15) is 13.2 Å². The zero-order valence-electron chi connectivity index (χ0n) is 11.9. The van der Waals surface area contributed by atoms with Crippen molar-refractivity contribution < 1.29 is 13.2 Å². The van der Waals surface area contributed by atoms with Crippen molar-refractivity contribution in [2.45, 2.75) is 24.7 Å². The highest BCUT2D eigenvalue weighted by Gasteiger charge is 2.32. The molecule has 0 spiro atoms. The van der Waals surface area contributed by atoms with Crippen LogP contribution < -0.4 is 5.32 Å². The summed E-state index contributed by atoms with van der Waals surface area (Å²) < 4.78 is 26.5. The van der Waals surface area contributed by atoms with Gasteiger partial charge in [0.05, 0.1) is 10.8 Å². The predicted octanol–water partition coefficient (Wildman–Crippen LogP) is 1.88. The highest BCUT2D eigenvalue weighted by Crippen LogP contribution is 2.24. The topological polar surface area (TPSA) is 66.5 Å². The van der Waals surface area contributed by atoms with Gasteiger partial charge in [-0.05, 0) is 44.0 Å². The Kier molecular flexibility index (Phi) is 5.24. The minimum Gasteiger partial charge on any atom is -0.356 e. The summed E-state index contributed by atoms with van der Waals surface area (Å²) in [6.45, 7) is 3.08. The molecular weight excluding hydrogens is 312 g/mol. The molecule has 2 rings (SSSR count). The van der Waals surface area contributed by atoms with Gasteiger partial charge < -0.3 is 5.32 Å². The third kappa shape index (κ3) is 3.75. The van der Waals surface area contributed by atoms with E-state index >= 15 is 0 Å². The number of benzene rings is 1. The Hall–Kier alpha value is -1.11. The second kappa shape index (κ2) is 6.77. The van der Waals surface area contributed by atoms with Gasteiger partial charge in [0.1, 0.15) is 0 Å². The number of hydrogen-bond donors (Lipinski definition) is 1. The molecule has 1 unspecified atom stereocenters. The first-order valence-corrected chi connectivity index (χ1v) is 8.80. The summed E-state index contributed by atoms with van der Waals surface area (Å²) in [6.07, 6.45) is 1.41. The third-order valence-corrected chi connectivity index (χ3v) is 5.69. The Bertz CT molecular complexity index is 601. The molecule has 0 aliphatic carbocycles. The number of rotatable bonds is 4. The number of sulfonamides is 1. The van der Waals surface area contributed by atoms with E-state index in [-0.39, 0.29) is 23.3 Å². The van der Waals surface area contributed by atoms with Gasteiger partial charge in [0.25, 0.3) is 0 Å². The van der Waals surface area contributed by atoms with E-state index in [4.69, 9.17) is 11.6 Å². The summed E-state index contributed by atoms with van der Waals surface area (Å²) in [7, 11) is -3.57. The Labute approximate surface area is 130 Å². The number of nitrogens with zero attached hydrogens (tertiary/aromatic N) is 1. The predicted molar refractivity (Wildman–Crippen MR) is 81.6 cm³/mol. The van der Waals surface area contributed by atoms with E-state index in [2.05, 4.69) is 5.32 Å². The third-order valence-electron chi connectivity index (χ3n) is 3.56. The first-order valence-electron chi connectivity index (χ1n) is 6.98. The van der Waals surface area contributed by atoms with Crippen LogP contribution in [0.3, 0.4) is 0 Å². The van der Waals surface area contributed by atoms with Crippen molar-refractivity contribution in [3.05, 3.63) is 29.3 Å². The fraction of sp³-hybridized carbons (Fsp3) is 0.500. The molecule has 1 amide bonds. The van der Waals surface area contributed by atoms with Crippen LogP contribution in [0, 0.1) is 5.92 Å². The minimum atomic E-state index is -3.57. The van der Waals surface area contributed by atoms with E-state index in [1.54, 1.807) is 12.1 Å². The van der Waals surface area contributed by atoms with E-state index < -0.39 is 10.0 Å². The summed E-state index contributed by atoms with van der Waals surface area (Å²) in [4.78, 5) is 12.1. The lowest BCUT2D eigenvalue weighted by atomic mass is 9.99. The second-order valence-corrected chi connectivity index (χ2v) is 7.43. The monoisotopic (exact) mass is 330 g/mol. The number of hydrogen-bond acceptors (Lipinski definition) is 3. The number of halogens is 1. The zero-order chi connectivity index (χ0) is 15.5. The quantitative estimate of drug-likeness (QED) is 0.916. The number of nitrogens with one attached hydrogen (secondary N) is 1. The molecule has 1 aromatic carbocycles. The van der Waals surface area contributed by atoms with Gasteiger partial charge in [0, 0.05) is 24.7 Å². The minimum absolute atomic E-state index is 0.0755. The van der Waals surface area contributed by atoms with Gasteiger partial charge in [0.15, 0.2) is 0 Å². The Morgan fingerprint density at radius 3 is 2.67 bits per heavy atom. The van der Waals surface area contributed by atoms with Gasteiger partial charge in [-0.15, -0.1) is 0 Å². The summed E-state index contributed by atoms with van der Waals surface area (Å²) >= 11 is 5.79. The maximum atomic E-state index is 12.6. The fourth-order valence-electron chi connectivity index (χ4n) is 2.45. The van der Waals surface area contributed by atoms with Crippen LogP contribution in [0.5, 0.6) is 0 Å². The first kappa shape index (κ1) is 16.3. The average molecular weight is 331 g/mol. The molecule has 21 heavy (non-hydrogen) atoms. The number of carbonyl (C=O) groups is 1. The molecule has 1 atom stereocenters. The van der Waals surface area contributed by atoms with Crippen molar-refractivity contribution in [3.63, 3.8) is 0 Å². The SMILES string of the molecule is CCNC(=O)C1CCCN(S(=O)(=O)c2ccc(Cl)cc2)C1. The lowest BCUT2D eigenvalue weighted by Gasteiger charge is -2.31. The van der Waals surface area contributed by atoms with Gasteiger partial charge in [-0.25, -0.2) is 8.42 Å². The molecular formula is C14H19ClN2O3S. The van der Waals surface area contributed by atoms with Crippen molar-refractivity contribution in [1.82, 2.24) is 9.62 Å². The summed E-state index contributed by atoms with van der Waals surface area (Å²) in [5.41, 5.74) is 0. The van der Waals surface area contributed by atoms with Crippen LogP contribution >= 0.6 is 11.6 Å². The number of carbonyl (C=O) groups excluding carboxylic acids is 1. The number of amides is 1. The molecule has 1 aromatic rings. The lowest BCUT2D eigenvalue weighted by Crippen LogP contribution is -2.45. The smallest absolute Gasteiger partial charge is 0.243 e. The van der Waals surface area contributed by atoms with Crippen molar-refractivity contribution in [2.75, 3.05) is 19.6 Å². The van der Waals surface area contributed by atoms with Crippen LogP contribution in [0.4, 0.5) is 0 Å². The normalized spacial score (nSPS) is 20.2. The second-order valence-electron chi connectivity index (χ2n) is 5.05. The number of piperidine rings is 1. The van der Waals surface area contributed by atoms with E-state index in [0.29, 0.717) is 24.5 Å². The van der Waals surface area contributed by atoms with Crippen LogP contribution in [0.1, 0.15) is 19.8 Å². The van der Waals surface area contributed by atoms with Crippen LogP contribution in [-0.2, 0) is 14.8 Å². The molecule has 0 saturated carbocycles. The Balaban J connectivity index is 2.16. The van der Waals surface area contributed by atoms with Crippen molar-refractivity contribution >= 4 is 27.5 Å². The van der Waals surface area contributed by atoms with Gasteiger partial charge in [-0.2, -0.15) is 4.31 Å². The fourth-order valence-corrected chi connectivity index (χ4v) is 4.10. The molecule has 1 aliphatic rings. The van der Waals surface area contributed by atoms with E-state index in [0.717, 1.165) is 6.42 Å². The summed E-state index contributed by atoms with van der Waals surface area (Å²) in [5.74, 6) is -0.353. The molecule has 5 nitrogen and oxygen atoms in total. The molecule has 1 fully saturated rings. The van der Waals surface area contributed by atoms with Crippen LogP contribution in [-0.4, -0.2) is 38.3 Å². The van der Waals surface area contributed by atoms with Gasteiger partial charge in [-0.1, -0.05) is 11.6 Å². The summed E-state index contributed by atoms with van der Waals surface area (Å²) in [5, 5.41) is 3.25. The largest absolute Gasteiger partial charge is 0.356 e. The molecule has 0 aromatic heterocycles. The van der Waals surface area contributed by atoms with E-state index in [1.165, 1.54) is 16.4 Å². The average Bonchev–Trinajstić information content (AvgIpc) is 2.48. The van der Waals surface area contributed by atoms with Gasteiger partial charge in [0.2, 0.25) is 15.9 Å². The highest BCUT2D eigenvalue weighted by atomic mass is 35.5. The molecule has 7 heteroatoms. The highest BCUT2D eigenvalue weighted by molar-refractivity contribution is 7.89. The van der Waals surface area contributed by atoms with Crippen molar-refractivity contribution in [2.24, 2.45) is 5.92 Å². The van der Waals surface area contributed by atoms with Gasteiger partial charge in [-0.3, -0.25) is 4.79 Å². The Morgan fingerprint density at radius 1 is 1.38 bits per heavy atom. The maximum Gasteiger partial charge on any atom is 0.243 e. The Morgan fingerprint density at radius 2 is 2.05 bits per heavy atom. The molecule has 116 valence electrons. The molecule has 1 N–H and O–H groups in total. The van der Waals surface area contributed by atoms with Crippen LogP contribution in [0.25, 0.3) is 0 Å². The zero-order valence-corrected chi connectivity index (χ0v) is 13.5. The molecule has 0 bridgehead atoms. The first-order chi connectivity index (χ1) is 9.95. The van der Waals surface area contributed by atoms with Gasteiger partial charge >= 0.3 is 0 Å². The van der Waals surface area contributed by atoms with Crippen molar-refractivity contribution in [3.8, 4) is 0 Å². The van der Waals surface area contributed by atoms with Crippen LogP contribution in [0.15, 0.2) is 29.2 Å². The molecule has 0 radical (unpaired) electrons. The molecule has 1 saturated heterocycles. The van der Waals surface area contributed by atoms with Crippen LogP contribution in [0.2, 0.25) is 5.02 Å². The molecule has 1 heterocycles. The molecule has 1 aliphatic heterocycles.